The number of hydrogen-bond donors (Lipinski definition) is 4. The first kappa shape index (κ1) is 27.7. The van der Waals surface area contributed by atoms with Gasteiger partial charge in [-0.25, -0.2) is 13.9 Å². The lowest BCUT2D eigenvalue weighted by Gasteiger charge is -2.27. The second-order valence-electron chi connectivity index (χ2n) is 10.1. The van der Waals surface area contributed by atoms with Crippen molar-refractivity contribution >= 4 is 17.3 Å². The number of fused-ring (bicyclic) bond motifs is 1. The SMILES string of the molecule is C[C@@]1(c2ccc3c(NC[C@@H](N)Cc4ccc(F)cc4)ncnn23)O[C@H](COC(=O)Cc2ccccc2)[C@@H](O)[C@H]1O. The molecular weight excluding hydrogens is 517 g/mol. The van der Waals surface area contributed by atoms with Gasteiger partial charge in [0.05, 0.1) is 12.1 Å². The molecule has 0 radical (unpaired) electrons. The molecule has 0 spiro atoms. The number of nitrogens with two attached hydrogens (primary N) is 1. The molecule has 40 heavy (non-hydrogen) atoms. The predicted octanol–water partition coefficient (Wildman–Crippen LogP) is 1.97. The number of rotatable bonds is 10. The normalized spacial score (nSPS) is 23.3. The Morgan fingerprint density at radius 3 is 2.65 bits per heavy atom. The molecule has 1 saturated heterocycles. The molecule has 3 heterocycles. The zero-order chi connectivity index (χ0) is 28.3. The molecule has 0 aliphatic carbocycles. The van der Waals surface area contributed by atoms with Gasteiger partial charge in [-0.2, -0.15) is 5.10 Å². The molecule has 11 heteroatoms. The van der Waals surface area contributed by atoms with E-state index in [1.165, 1.54) is 18.5 Å². The lowest BCUT2D eigenvalue weighted by atomic mass is 9.93. The summed E-state index contributed by atoms with van der Waals surface area (Å²) in [5, 5.41) is 29.3. The molecule has 1 aliphatic heterocycles. The van der Waals surface area contributed by atoms with Gasteiger partial charge in [-0.1, -0.05) is 42.5 Å². The maximum absolute atomic E-state index is 13.2. The van der Waals surface area contributed by atoms with E-state index in [1.807, 2.05) is 30.3 Å². The van der Waals surface area contributed by atoms with Gasteiger partial charge < -0.3 is 30.7 Å². The van der Waals surface area contributed by atoms with Crippen LogP contribution in [0.4, 0.5) is 10.2 Å². The summed E-state index contributed by atoms with van der Waals surface area (Å²) in [6, 6.07) is 18.7. The highest BCUT2D eigenvalue weighted by atomic mass is 19.1. The molecule has 0 saturated carbocycles. The standard InChI is InChI=1S/C29H32FN5O5/c1-29(27(38)26(37)23(40-29)16-39-25(36)14-18-5-3-2-4-6-18)24-12-11-22-28(33-17-34-35(22)24)32-15-21(31)13-19-7-9-20(30)10-8-19/h2-12,17,21,23,26-27,37-38H,13-16,31H2,1H3,(H,32,33,34)/t21-,23+,26+,27+,29-/m0/s1. The summed E-state index contributed by atoms with van der Waals surface area (Å²) in [5.74, 6) is -0.228. The number of carbonyl (C=O) groups excluding carboxylic acids is 1. The van der Waals surface area contributed by atoms with Crippen LogP contribution in [-0.2, 0) is 32.7 Å². The van der Waals surface area contributed by atoms with Gasteiger partial charge in [0.15, 0.2) is 5.82 Å². The Balaban J connectivity index is 1.25. The van der Waals surface area contributed by atoms with Gasteiger partial charge in [-0.05, 0) is 48.7 Å². The Bertz CT molecular complexity index is 1450. The first-order valence-corrected chi connectivity index (χ1v) is 13.0. The van der Waals surface area contributed by atoms with Crippen LogP contribution >= 0.6 is 0 Å². The fourth-order valence-corrected chi connectivity index (χ4v) is 4.99. The van der Waals surface area contributed by atoms with Crippen molar-refractivity contribution in [3.8, 4) is 0 Å². The Kier molecular flexibility index (Phi) is 8.08. The average Bonchev–Trinajstić information content (AvgIpc) is 3.49. The third kappa shape index (κ3) is 5.82. The number of esters is 1. The second-order valence-corrected chi connectivity index (χ2v) is 10.1. The van der Waals surface area contributed by atoms with Crippen molar-refractivity contribution in [2.45, 2.75) is 49.7 Å². The van der Waals surface area contributed by atoms with Crippen LogP contribution in [0.3, 0.4) is 0 Å². The van der Waals surface area contributed by atoms with Crippen LogP contribution < -0.4 is 11.1 Å². The minimum atomic E-state index is -1.34. The monoisotopic (exact) mass is 549 g/mol. The zero-order valence-electron chi connectivity index (χ0n) is 22.0. The van der Waals surface area contributed by atoms with Crippen LogP contribution in [0, 0.1) is 5.82 Å². The van der Waals surface area contributed by atoms with Crippen molar-refractivity contribution in [3.63, 3.8) is 0 Å². The number of anilines is 1. The molecule has 1 aliphatic rings. The number of aliphatic hydroxyl groups excluding tert-OH is 2. The van der Waals surface area contributed by atoms with Gasteiger partial charge in [0, 0.05) is 12.6 Å². The largest absolute Gasteiger partial charge is 0.463 e. The number of ether oxygens (including phenoxy) is 2. The minimum absolute atomic E-state index is 0.0903. The number of nitrogens with one attached hydrogen (secondary N) is 1. The summed E-state index contributed by atoms with van der Waals surface area (Å²) in [6.45, 7) is 1.84. The molecule has 0 unspecified atom stereocenters. The number of halogens is 1. The van der Waals surface area contributed by atoms with Crippen LogP contribution in [0.5, 0.6) is 0 Å². The lowest BCUT2D eigenvalue weighted by Crippen LogP contribution is -2.39. The van der Waals surface area contributed by atoms with E-state index in [0.29, 0.717) is 30.0 Å². The summed E-state index contributed by atoms with van der Waals surface area (Å²) in [5.41, 5.74) is 7.79. The van der Waals surface area contributed by atoms with Crippen LogP contribution in [0.25, 0.3) is 5.52 Å². The first-order valence-electron chi connectivity index (χ1n) is 13.0. The van der Waals surface area contributed by atoms with Crippen molar-refractivity contribution in [1.82, 2.24) is 14.6 Å². The Hall–Kier alpha value is -3.90. The number of aromatic nitrogens is 3. The predicted molar refractivity (Wildman–Crippen MR) is 145 cm³/mol. The van der Waals surface area contributed by atoms with Gasteiger partial charge in [0.2, 0.25) is 0 Å². The van der Waals surface area contributed by atoms with Gasteiger partial charge in [0.1, 0.15) is 48.2 Å². The van der Waals surface area contributed by atoms with Crippen molar-refractivity contribution in [2.75, 3.05) is 18.5 Å². The maximum atomic E-state index is 13.2. The van der Waals surface area contributed by atoms with Crippen LogP contribution in [0.2, 0.25) is 0 Å². The summed E-state index contributed by atoms with van der Waals surface area (Å²) in [4.78, 5) is 16.6. The van der Waals surface area contributed by atoms with E-state index < -0.39 is 29.9 Å². The molecule has 10 nitrogen and oxygen atoms in total. The van der Waals surface area contributed by atoms with E-state index in [-0.39, 0.29) is 24.9 Å². The van der Waals surface area contributed by atoms with E-state index in [9.17, 15) is 19.4 Å². The second kappa shape index (κ2) is 11.7. The van der Waals surface area contributed by atoms with E-state index in [2.05, 4.69) is 15.4 Å². The zero-order valence-corrected chi connectivity index (χ0v) is 22.0. The third-order valence-corrected chi connectivity index (χ3v) is 7.17. The molecule has 5 rings (SSSR count). The van der Waals surface area contributed by atoms with Crippen molar-refractivity contribution < 1.29 is 28.9 Å². The highest BCUT2D eigenvalue weighted by molar-refractivity contribution is 5.72. The Morgan fingerprint density at radius 2 is 1.90 bits per heavy atom. The topological polar surface area (TPSA) is 144 Å². The number of hydrogen-bond acceptors (Lipinski definition) is 9. The molecule has 5 atom stereocenters. The molecule has 1 fully saturated rings. The molecule has 2 aromatic carbocycles. The molecule has 2 aromatic heterocycles. The minimum Gasteiger partial charge on any atom is -0.463 e. The number of carbonyl (C=O) groups is 1. The van der Waals surface area contributed by atoms with E-state index in [1.54, 1.807) is 35.7 Å². The third-order valence-electron chi connectivity index (χ3n) is 7.17. The number of benzene rings is 2. The molecule has 5 N–H and O–H groups in total. The average molecular weight is 550 g/mol. The summed E-state index contributed by atoms with van der Waals surface area (Å²) in [6.07, 6.45) is -1.52. The highest BCUT2D eigenvalue weighted by Gasteiger charge is 2.54. The number of aliphatic hydroxyl groups is 2. The lowest BCUT2D eigenvalue weighted by molar-refractivity contribution is -0.151. The molecule has 4 aromatic rings. The van der Waals surface area contributed by atoms with Gasteiger partial charge in [-0.15, -0.1) is 0 Å². The van der Waals surface area contributed by atoms with Crippen LogP contribution in [0.15, 0.2) is 73.1 Å². The molecular formula is C29H32FN5O5. The number of nitrogens with zero attached hydrogens (tertiary/aromatic N) is 3. The van der Waals surface area contributed by atoms with Crippen LogP contribution in [0.1, 0.15) is 23.7 Å². The van der Waals surface area contributed by atoms with Crippen LogP contribution in [-0.4, -0.2) is 68.3 Å². The van der Waals surface area contributed by atoms with Gasteiger partial charge in [-0.3, -0.25) is 4.79 Å². The summed E-state index contributed by atoms with van der Waals surface area (Å²) >= 11 is 0. The molecule has 0 bridgehead atoms. The van der Waals surface area contributed by atoms with Gasteiger partial charge in [0.25, 0.3) is 0 Å². The fraction of sp³-hybridized carbons (Fsp3) is 0.345. The molecule has 210 valence electrons. The van der Waals surface area contributed by atoms with E-state index in [0.717, 1.165) is 11.1 Å². The van der Waals surface area contributed by atoms with Crippen molar-refractivity contribution in [3.05, 3.63) is 95.7 Å². The fourth-order valence-electron chi connectivity index (χ4n) is 4.99. The molecule has 0 amide bonds. The first-order chi connectivity index (χ1) is 19.2. The van der Waals surface area contributed by atoms with E-state index >= 15 is 0 Å². The highest BCUT2D eigenvalue weighted by Crippen LogP contribution is 2.40. The van der Waals surface area contributed by atoms with Crippen molar-refractivity contribution in [2.24, 2.45) is 5.73 Å². The Morgan fingerprint density at radius 1 is 1.15 bits per heavy atom. The maximum Gasteiger partial charge on any atom is 0.310 e. The summed E-state index contributed by atoms with van der Waals surface area (Å²) in [7, 11) is 0. The smallest absolute Gasteiger partial charge is 0.310 e. The van der Waals surface area contributed by atoms with Crippen molar-refractivity contribution in [1.29, 1.82) is 0 Å². The van der Waals surface area contributed by atoms with E-state index in [4.69, 9.17) is 15.2 Å². The van der Waals surface area contributed by atoms with Gasteiger partial charge >= 0.3 is 5.97 Å². The summed E-state index contributed by atoms with van der Waals surface area (Å²) < 4.78 is 26.2. The Labute approximate surface area is 230 Å². The quantitative estimate of drug-likeness (QED) is 0.218.